The summed E-state index contributed by atoms with van der Waals surface area (Å²) in [6, 6.07) is 0. The van der Waals surface area contributed by atoms with Crippen LogP contribution in [0.2, 0.25) is 5.54 Å². The van der Waals surface area contributed by atoms with Crippen LogP contribution in [0.1, 0.15) is 6.42 Å². The highest BCUT2D eigenvalue weighted by Crippen LogP contribution is 2.24. The van der Waals surface area contributed by atoms with Crippen molar-refractivity contribution in [3.8, 4) is 0 Å². The monoisotopic (exact) mass is 173 g/mol. The van der Waals surface area contributed by atoms with Gasteiger partial charge < -0.3 is 9.64 Å². The van der Waals surface area contributed by atoms with Gasteiger partial charge in [0.2, 0.25) is 0 Å². The van der Waals surface area contributed by atoms with Gasteiger partial charge in [0, 0.05) is 23.9 Å². The standard InChI is InChI=1S/C8H19NOSi/c1-9-4-3-8(11)7(5-9)6-10-2/h7-8H,3-6H2,1-2,11H3/t7-,8?/m0/s1. The second-order valence-corrected chi connectivity index (χ2v) is 5.23. The Hall–Kier alpha value is 0.137. The lowest BCUT2D eigenvalue weighted by Crippen LogP contribution is -2.37. The molecule has 66 valence electrons. The third-order valence-electron chi connectivity index (χ3n) is 2.70. The first-order valence-corrected chi connectivity index (χ1v) is 5.57. The molecule has 1 fully saturated rings. The molecule has 1 aliphatic rings. The number of hydrogen-bond acceptors (Lipinski definition) is 2. The van der Waals surface area contributed by atoms with Crippen LogP contribution in [0.4, 0.5) is 0 Å². The highest BCUT2D eigenvalue weighted by atomic mass is 28.1. The van der Waals surface area contributed by atoms with Crippen molar-refractivity contribution >= 4 is 10.2 Å². The van der Waals surface area contributed by atoms with Crippen molar-refractivity contribution in [2.45, 2.75) is 12.0 Å². The van der Waals surface area contributed by atoms with Crippen molar-refractivity contribution < 1.29 is 4.74 Å². The van der Waals surface area contributed by atoms with E-state index in [9.17, 15) is 0 Å². The maximum absolute atomic E-state index is 5.20. The van der Waals surface area contributed by atoms with Crippen LogP contribution in [0.15, 0.2) is 0 Å². The van der Waals surface area contributed by atoms with Crippen molar-refractivity contribution in [1.29, 1.82) is 0 Å². The van der Waals surface area contributed by atoms with Gasteiger partial charge in [-0.25, -0.2) is 0 Å². The molecule has 0 aliphatic carbocycles. The summed E-state index contributed by atoms with van der Waals surface area (Å²) in [5.74, 6) is 0.811. The molecule has 0 saturated carbocycles. The predicted octanol–water partition coefficient (Wildman–Crippen LogP) is -0.262. The molecule has 2 nitrogen and oxygen atoms in total. The number of methoxy groups -OCH3 is 1. The van der Waals surface area contributed by atoms with E-state index in [1.807, 2.05) is 7.11 Å². The average Bonchev–Trinajstić information content (AvgIpc) is 1.98. The average molecular weight is 173 g/mol. The summed E-state index contributed by atoms with van der Waals surface area (Å²) in [6.45, 7) is 3.48. The molecule has 11 heavy (non-hydrogen) atoms. The van der Waals surface area contributed by atoms with E-state index in [1.165, 1.54) is 29.8 Å². The summed E-state index contributed by atoms with van der Waals surface area (Å²) in [5.41, 5.74) is 0.978. The molecule has 1 aliphatic heterocycles. The molecule has 0 aromatic rings. The zero-order valence-corrected chi connectivity index (χ0v) is 9.84. The van der Waals surface area contributed by atoms with Crippen LogP contribution >= 0.6 is 0 Å². The van der Waals surface area contributed by atoms with E-state index in [4.69, 9.17) is 4.74 Å². The molecule has 0 N–H and O–H groups in total. The van der Waals surface area contributed by atoms with Crippen LogP contribution in [0, 0.1) is 5.92 Å². The van der Waals surface area contributed by atoms with Crippen molar-refractivity contribution in [3.05, 3.63) is 0 Å². The van der Waals surface area contributed by atoms with E-state index in [2.05, 4.69) is 11.9 Å². The molecule has 0 amide bonds. The lowest BCUT2D eigenvalue weighted by molar-refractivity contribution is 0.103. The molecular weight excluding hydrogens is 154 g/mol. The minimum Gasteiger partial charge on any atom is -0.384 e. The lowest BCUT2D eigenvalue weighted by atomic mass is 9.98. The minimum atomic E-state index is 0.811. The van der Waals surface area contributed by atoms with E-state index < -0.39 is 0 Å². The number of ether oxygens (including phenoxy) is 1. The Labute approximate surface area is 72.3 Å². The third kappa shape index (κ3) is 2.58. The molecule has 0 radical (unpaired) electrons. The fourth-order valence-electron chi connectivity index (χ4n) is 1.76. The van der Waals surface area contributed by atoms with Crippen LogP contribution in [-0.4, -0.2) is 49.0 Å². The smallest absolute Gasteiger partial charge is 0.0502 e. The van der Waals surface area contributed by atoms with Crippen molar-refractivity contribution in [1.82, 2.24) is 4.90 Å². The van der Waals surface area contributed by atoms with Crippen molar-refractivity contribution in [3.63, 3.8) is 0 Å². The van der Waals surface area contributed by atoms with Gasteiger partial charge >= 0.3 is 0 Å². The molecule has 2 atom stereocenters. The van der Waals surface area contributed by atoms with E-state index in [1.54, 1.807) is 0 Å². The molecule has 0 aromatic heterocycles. The summed E-state index contributed by atoms with van der Waals surface area (Å²) >= 11 is 0. The summed E-state index contributed by atoms with van der Waals surface area (Å²) in [5, 5.41) is 0. The van der Waals surface area contributed by atoms with E-state index in [-0.39, 0.29) is 0 Å². The van der Waals surface area contributed by atoms with Gasteiger partial charge in [-0.2, -0.15) is 0 Å². The van der Waals surface area contributed by atoms with Gasteiger partial charge in [-0.15, -0.1) is 0 Å². The maximum Gasteiger partial charge on any atom is 0.0502 e. The number of nitrogens with zero attached hydrogens (tertiary/aromatic N) is 1. The summed E-state index contributed by atoms with van der Waals surface area (Å²) in [6.07, 6.45) is 1.39. The summed E-state index contributed by atoms with van der Waals surface area (Å²) in [7, 11) is 5.35. The Bertz CT molecular complexity index is 121. The largest absolute Gasteiger partial charge is 0.384 e. The minimum absolute atomic E-state index is 0.811. The molecule has 0 spiro atoms. The number of piperidine rings is 1. The Morgan fingerprint density at radius 2 is 2.36 bits per heavy atom. The third-order valence-corrected chi connectivity index (χ3v) is 4.22. The molecule has 1 rings (SSSR count). The maximum atomic E-state index is 5.20. The first kappa shape index (κ1) is 9.23. The first-order chi connectivity index (χ1) is 5.24. The van der Waals surface area contributed by atoms with E-state index in [0.717, 1.165) is 18.1 Å². The molecule has 1 unspecified atom stereocenters. The molecule has 1 saturated heterocycles. The number of rotatable bonds is 2. The van der Waals surface area contributed by atoms with Gasteiger partial charge in [0.1, 0.15) is 0 Å². The van der Waals surface area contributed by atoms with Crippen LogP contribution < -0.4 is 0 Å². The Morgan fingerprint density at radius 1 is 1.64 bits per heavy atom. The Morgan fingerprint density at radius 3 is 3.00 bits per heavy atom. The second-order valence-electron chi connectivity index (χ2n) is 3.74. The molecule has 1 heterocycles. The Balaban J connectivity index is 2.34. The summed E-state index contributed by atoms with van der Waals surface area (Å²) in [4.78, 5) is 2.41. The van der Waals surface area contributed by atoms with Crippen LogP contribution in [0.3, 0.4) is 0 Å². The zero-order valence-electron chi connectivity index (χ0n) is 7.84. The van der Waals surface area contributed by atoms with Gasteiger partial charge in [-0.3, -0.25) is 0 Å². The highest BCUT2D eigenvalue weighted by molar-refractivity contribution is 6.11. The van der Waals surface area contributed by atoms with E-state index >= 15 is 0 Å². The zero-order chi connectivity index (χ0) is 8.27. The van der Waals surface area contributed by atoms with Gasteiger partial charge in [-0.1, -0.05) is 0 Å². The fraction of sp³-hybridized carbons (Fsp3) is 1.00. The van der Waals surface area contributed by atoms with Crippen LogP contribution in [-0.2, 0) is 4.74 Å². The predicted molar refractivity (Wildman–Crippen MR) is 51.2 cm³/mol. The lowest BCUT2D eigenvalue weighted by Gasteiger charge is -2.34. The fourth-order valence-corrected chi connectivity index (χ4v) is 2.42. The molecule has 3 heteroatoms. The number of hydrogen-bond donors (Lipinski definition) is 0. The van der Waals surface area contributed by atoms with Gasteiger partial charge in [0.05, 0.1) is 6.61 Å². The molecule has 0 bridgehead atoms. The quantitative estimate of drug-likeness (QED) is 0.534. The topological polar surface area (TPSA) is 12.5 Å². The molecular formula is C8H19NOSi. The second kappa shape index (κ2) is 4.23. The van der Waals surface area contributed by atoms with Crippen molar-refractivity contribution in [2.24, 2.45) is 5.92 Å². The van der Waals surface area contributed by atoms with E-state index in [0.29, 0.717) is 0 Å². The van der Waals surface area contributed by atoms with Gasteiger partial charge in [-0.05, 0) is 31.5 Å². The van der Waals surface area contributed by atoms with Crippen LogP contribution in [0.5, 0.6) is 0 Å². The first-order valence-electron chi connectivity index (χ1n) is 4.41. The molecule has 0 aromatic carbocycles. The van der Waals surface area contributed by atoms with Crippen molar-refractivity contribution in [2.75, 3.05) is 33.9 Å². The van der Waals surface area contributed by atoms with Gasteiger partial charge in [0.25, 0.3) is 0 Å². The van der Waals surface area contributed by atoms with Gasteiger partial charge in [0.15, 0.2) is 0 Å². The Kier molecular flexibility index (Phi) is 3.55. The SMILES string of the molecule is COC[C@@H]1CN(C)CCC1[SiH3]. The highest BCUT2D eigenvalue weighted by Gasteiger charge is 2.23. The van der Waals surface area contributed by atoms with Crippen LogP contribution in [0.25, 0.3) is 0 Å². The normalized spacial score (nSPS) is 34.4. The number of likely N-dealkylation sites (tertiary alicyclic amines) is 1. The summed E-state index contributed by atoms with van der Waals surface area (Å²) < 4.78 is 5.20.